The van der Waals surface area contributed by atoms with Crippen LogP contribution in [0.2, 0.25) is 0 Å². The summed E-state index contributed by atoms with van der Waals surface area (Å²) in [7, 11) is 0. The molecule has 0 saturated carbocycles. The van der Waals surface area contributed by atoms with Crippen molar-refractivity contribution in [2.45, 2.75) is 47.5 Å². The van der Waals surface area contributed by atoms with E-state index in [1.807, 2.05) is 13.8 Å². The highest BCUT2D eigenvalue weighted by molar-refractivity contribution is 5.69. The Morgan fingerprint density at radius 2 is 1.69 bits per heavy atom. The van der Waals surface area contributed by atoms with Crippen LogP contribution >= 0.6 is 0 Å². The van der Waals surface area contributed by atoms with Crippen molar-refractivity contribution in [2.24, 2.45) is 10.8 Å². The van der Waals surface area contributed by atoms with Gasteiger partial charge in [0, 0.05) is 0 Å². The fourth-order valence-corrected chi connectivity index (χ4v) is 1.92. The number of carbonyl (C=O) groups is 1. The van der Waals surface area contributed by atoms with Crippen LogP contribution < -0.4 is 0 Å². The van der Waals surface area contributed by atoms with Crippen molar-refractivity contribution >= 4 is 5.97 Å². The van der Waals surface area contributed by atoms with Gasteiger partial charge in [-0.1, -0.05) is 34.6 Å². The van der Waals surface area contributed by atoms with Gasteiger partial charge in [0.1, 0.15) is 0 Å². The zero-order valence-corrected chi connectivity index (χ0v) is 9.18. The Balaban J connectivity index is 4.16. The van der Waals surface area contributed by atoms with Gasteiger partial charge in [-0.3, -0.25) is 0 Å². The second kappa shape index (κ2) is 4.09. The minimum absolute atomic E-state index is 0.127. The van der Waals surface area contributed by atoms with Gasteiger partial charge >= 0.3 is 5.97 Å². The molecular weight excluding hydrogens is 168 g/mol. The molecular formula is C10H20O3. The van der Waals surface area contributed by atoms with E-state index >= 15 is 0 Å². The van der Waals surface area contributed by atoms with Gasteiger partial charge in [-0.25, -0.2) is 4.79 Å². The van der Waals surface area contributed by atoms with E-state index in [4.69, 9.17) is 5.26 Å². The average molecular weight is 188 g/mol. The molecule has 78 valence electrons. The van der Waals surface area contributed by atoms with Crippen LogP contribution in [-0.4, -0.2) is 11.2 Å². The van der Waals surface area contributed by atoms with E-state index in [0.29, 0.717) is 0 Å². The van der Waals surface area contributed by atoms with Crippen LogP contribution in [0.3, 0.4) is 0 Å². The van der Waals surface area contributed by atoms with E-state index in [2.05, 4.69) is 25.7 Å². The van der Waals surface area contributed by atoms with Crippen LogP contribution in [0.15, 0.2) is 0 Å². The van der Waals surface area contributed by atoms with Crippen molar-refractivity contribution < 1.29 is 14.9 Å². The quantitative estimate of drug-likeness (QED) is 0.547. The smallest absolute Gasteiger partial charge is 0.301 e. The molecule has 1 N–H and O–H groups in total. The van der Waals surface area contributed by atoms with Gasteiger partial charge in [0.2, 0.25) is 0 Å². The Morgan fingerprint density at radius 1 is 1.23 bits per heavy atom. The summed E-state index contributed by atoms with van der Waals surface area (Å²) >= 11 is 0. The van der Waals surface area contributed by atoms with E-state index < -0.39 is 5.97 Å². The first-order valence-electron chi connectivity index (χ1n) is 4.51. The second-order valence-electron chi connectivity index (χ2n) is 5.54. The van der Waals surface area contributed by atoms with E-state index in [9.17, 15) is 4.79 Å². The molecule has 0 atom stereocenters. The first-order chi connectivity index (χ1) is 5.66. The highest BCUT2D eigenvalue weighted by Gasteiger charge is 2.28. The van der Waals surface area contributed by atoms with Gasteiger partial charge in [-0.05, 0) is 17.3 Å². The van der Waals surface area contributed by atoms with Crippen molar-refractivity contribution in [1.29, 1.82) is 0 Å². The monoisotopic (exact) mass is 188 g/mol. The lowest BCUT2D eigenvalue weighted by atomic mass is 9.74. The van der Waals surface area contributed by atoms with Gasteiger partial charge in [-0.15, -0.1) is 0 Å². The van der Waals surface area contributed by atoms with Gasteiger partial charge in [0.25, 0.3) is 0 Å². The van der Waals surface area contributed by atoms with Crippen LogP contribution in [0.1, 0.15) is 47.5 Å². The van der Waals surface area contributed by atoms with Gasteiger partial charge in [0.15, 0.2) is 0 Å². The Kier molecular flexibility index (Phi) is 3.91. The van der Waals surface area contributed by atoms with E-state index in [1.165, 1.54) is 0 Å². The minimum atomic E-state index is -0.561. The molecule has 0 bridgehead atoms. The fourth-order valence-electron chi connectivity index (χ4n) is 1.92. The van der Waals surface area contributed by atoms with Gasteiger partial charge < -0.3 is 4.89 Å². The minimum Gasteiger partial charge on any atom is -0.301 e. The molecule has 0 aliphatic heterocycles. The average Bonchev–Trinajstić information content (AvgIpc) is 1.80. The van der Waals surface area contributed by atoms with Crippen LogP contribution in [-0.2, 0) is 9.68 Å². The molecule has 0 rings (SSSR count). The molecule has 0 unspecified atom stereocenters. The van der Waals surface area contributed by atoms with Crippen molar-refractivity contribution in [3.8, 4) is 0 Å². The molecule has 0 heterocycles. The molecule has 3 heteroatoms. The first kappa shape index (κ1) is 12.4. The fraction of sp³-hybridized carbons (Fsp3) is 0.900. The Morgan fingerprint density at radius 3 is 2.00 bits per heavy atom. The first-order valence-corrected chi connectivity index (χ1v) is 4.51. The number of carbonyl (C=O) groups excluding carboxylic acids is 1. The third-order valence-electron chi connectivity index (χ3n) is 1.73. The van der Waals surface area contributed by atoms with E-state index in [-0.39, 0.29) is 17.3 Å². The molecule has 0 saturated heterocycles. The van der Waals surface area contributed by atoms with Crippen molar-refractivity contribution in [3.05, 3.63) is 0 Å². The Labute approximate surface area is 80.0 Å². The lowest BCUT2D eigenvalue weighted by Crippen LogP contribution is -2.24. The number of hydrogen-bond donors (Lipinski definition) is 1. The topological polar surface area (TPSA) is 46.5 Å². The predicted molar refractivity (Wildman–Crippen MR) is 51.2 cm³/mol. The summed E-state index contributed by atoms with van der Waals surface area (Å²) in [6, 6.07) is 0. The molecule has 13 heavy (non-hydrogen) atoms. The third kappa shape index (κ3) is 6.58. The normalized spacial score (nSPS) is 12.8. The maximum Gasteiger partial charge on any atom is 0.342 e. The molecule has 0 aromatic rings. The van der Waals surface area contributed by atoms with E-state index in [1.54, 1.807) is 0 Å². The zero-order chi connectivity index (χ0) is 10.7. The van der Waals surface area contributed by atoms with Gasteiger partial charge in [-0.2, -0.15) is 5.26 Å². The molecule has 0 aromatic carbocycles. The third-order valence-corrected chi connectivity index (χ3v) is 1.73. The van der Waals surface area contributed by atoms with Crippen LogP contribution in [0.5, 0.6) is 0 Å². The summed E-state index contributed by atoms with van der Waals surface area (Å²) in [5, 5.41) is 8.15. The lowest BCUT2D eigenvalue weighted by molar-refractivity contribution is -0.236. The molecule has 0 aliphatic carbocycles. The van der Waals surface area contributed by atoms with Crippen LogP contribution in [0, 0.1) is 10.8 Å². The highest BCUT2D eigenvalue weighted by Crippen LogP contribution is 2.35. The molecule has 3 nitrogen and oxygen atoms in total. The maximum atomic E-state index is 10.8. The van der Waals surface area contributed by atoms with Gasteiger partial charge in [0.05, 0.1) is 6.42 Å². The molecule has 0 fully saturated rings. The SMILES string of the molecule is CC(C)(C)CC(C)(C)CC(=O)OO. The van der Waals surface area contributed by atoms with Crippen molar-refractivity contribution in [1.82, 2.24) is 0 Å². The maximum absolute atomic E-state index is 10.8. The molecule has 0 amide bonds. The molecule has 0 spiro atoms. The second-order valence-corrected chi connectivity index (χ2v) is 5.54. The largest absolute Gasteiger partial charge is 0.342 e. The summed E-state index contributed by atoms with van der Waals surface area (Å²) in [6.07, 6.45) is 1.16. The van der Waals surface area contributed by atoms with Crippen molar-refractivity contribution in [3.63, 3.8) is 0 Å². The standard InChI is InChI=1S/C10H20O3/c1-9(2,3)7-10(4,5)6-8(11)13-12/h12H,6-7H2,1-5H3. The van der Waals surface area contributed by atoms with Crippen LogP contribution in [0.25, 0.3) is 0 Å². The lowest BCUT2D eigenvalue weighted by Gasteiger charge is -2.31. The summed E-state index contributed by atoms with van der Waals surface area (Å²) in [5.41, 5.74) is 0.0529. The Hall–Kier alpha value is -0.570. The van der Waals surface area contributed by atoms with Crippen LogP contribution in [0.4, 0.5) is 0 Å². The van der Waals surface area contributed by atoms with E-state index in [0.717, 1.165) is 6.42 Å². The zero-order valence-electron chi connectivity index (χ0n) is 9.18. The molecule has 0 aromatic heterocycles. The molecule has 0 radical (unpaired) electrons. The predicted octanol–water partition coefficient (Wildman–Crippen LogP) is 2.86. The Bertz CT molecular complexity index is 177. The summed E-state index contributed by atoms with van der Waals surface area (Å²) < 4.78 is 0. The summed E-state index contributed by atoms with van der Waals surface area (Å²) in [6.45, 7) is 10.4. The highest BCUT2D eigenvalue weighted by atomic mass is 17.1. The summed E-state index contributed by atoms with van der Waals surface area (Å²) in [5.74, 6) is -0.561. The number of rotatable bonds is 3. The number of hydrogen-bond acceptors (Lipinski definition) is 3. The molecule has 0 aliphatic rings. The van der Waals surface area contributed by atoms with Crippen molar-refractivity contribution in [2.75, 3.05) is 0 Å². The summed E-state index contributed by atoms with van der Waals surface area (Å²) in [4.78, 5) is 14.5.